The maximum absolute atomic E-state index is 6.12. The fourth-order valence-corrected chi connectivity index (χ4v) is 1.96. The van der Waals surface area contributed by atoms with Gasteiger partial charge in [0, 0.05) is 5.54 Å². The largest absolute Gasteiger partial charge is 0.495 e. The normalized spacial score (nSPS) is 11.6. The molecule has 1 aromatic carbocycles. The second-order valence-corrected chi connectivity index (χ2v) is 5.75. The van der Waals surface area contributed by atoms with Crippen molar-refractivity contribution in [2.45, 2.75) is 39.7 Å². The molecule has 0 heterocycles. The number of rotatable bonds is 4. The van der Waals surface area contributed by atoms with E-state index in [4.69, 9.17) is 16.3 Å². The summed E-state index contributed by atoms with van der Waals surface area (Å²) < 4.78 is 5.19. The predicted molar refractivity (Wildman–Crippen MR) is 74.2 cm³/mol. The van der Waals surface area contributed by atoms with Crippen molar-refractivity contribution in [2.24, 2.45) is 0 Å². The molecule has 0 fully saturated rings. The fraction of sp³-hybridized carbons (Fsp3) is 0.571. The number of hydrogen-bond acceptors (Lipinski definition) is 2. The summed E-state index contributed by atoms with van der Waals surface area (Å²) in [6.07, 6.45) is 0.979. The van der Waals surface area contributed by atoms with E-state index in [1.165, 1.54) is 11.1 Å². The van der Waals surface area contributed by atoms with Crippen LogP contribution < -0.4 is 10.1 Å². The van der Waals surface area contributed by atoms with Crippen molar-refractivity contribution in [1.29, 1.82) is 0 Å². The lowest BCUT2D eigenvalue weighted by atomic mass is 10.0. The Morgan fingerprint density at radius 1 is 1.29 bits per heavy atom. The van der Waals surface area contributed by atoms with Gasteiger partial charge >= 0.3 is 0 Å². The first-order valence-corrected chi connectivity index (χ1v) is 6.29. The minimum atomic E-state index is 0.157. The van der Waals surface area contributed by atoms with Gasteiger partial charge in [-0.2, -0.15) is 0 Å². The van der Waals surface area contributed by atoms with Crippen LogP contribution in [0.4, 0.5) is 0 Å². The van der Waals surface area contributed by atoms with E-state index in [-0.39, 0.29) is 5.54 Å². The van der Waals surface area contributed by atoms with Gasteiger partial charge in [0.1, 0.15) is 5.75 Å². The summed E-state index contributed by atoms with van der Waals surface area (Å²) in [5.41, 5.74) is 2.65. The van der Waals surface area contributed by atoms with Crippen LogP contribution in [0.15, 0.2) is 12.1 Å². The molecule has 0 unspecified atom stereocenters. The highest BCUT2D eigenvalue weighted by Crippen LogP contribution is 2.27. The average molecular weight is 256 g/mol. The zero-order valence-corrected chi connectivity index (χ0v) is 12.1. The summed E-state index contributed by atoms with van der Waals surface area (Å²) in [6, 6.07) is 3.99. The standard InChI is InChI=1S/C14H22ClNO/c1-10-8-13(17-5)12(15)9-11(10)6-7-16-14(2,3)4/h8-9,16H,6-7H2,1-5H3. The van der Waals surface area contributed by atoms with E-state index in [2.05, 4.69) is 33.0 Å². The van der Waals surface area contributed by atoms with Crippen LogP contribution in [-0.4, -0.2) is 19.2 Å². The Morgan fingerprint density at radius 3 is 2.47 bits per heavy atom. The number of halogens is 1. The molecular formula is C14H22ClNO. The Morgan fingerprint density at radius 2 is 1.94 bits per heavy atom. The van der Waals surface area contributed by atoms with Gasteiger partial charge in [0.25, 0.3) is 0 Å². The molecule has 0 aliphatic rings. The average Bonchev–Trinajstić information content (AvgIpc) is 2.20. The Labute approximate surface area is 109 Å². The van der Waals surface area contributed by atoms with Crippen molar-refractivity contribution >= 4 is 11.6 Å². The predicted octanol–water partition coefficient (Wildman–Crippen LogP) is 3.59. The molecule has 1 rings (SSSR count). The third kappa shape index (κ3) is 4.57. The summed E-state index contributed by atoms with van der Waals surface area (Å²) in [6.45, 7) is 9.54. The van der Waals surface area contributed by atoms with E-state index in [0.29, 0.717) is 5.02 Å². The van der Waals surface area contributed by atoms with E-state index in [0.717, 1.165) is 18.7 Å². The quantitative estimate of drug-likeness (QED) is 0.888. The third-order valence-corrected chi connectivity index (χ3v) is 2.96. The number of aryl methyl sites for hydroxylation is 1. The highest BCUT2D eigenvalue weighted by Gasteiger charge is 2.10. The van der Waals surface area contributed by atoms with Crippen LogP contribution in [0.5, 0.6) is 5.75 Å². The van der Waals surface area contributed by atoms with Crippen molar-refractivity contribution in [3.8, 4) is 5.75 Å². The Bertz CT molecular complexity index is 383. The highest BCUT2D eigenvalue weighted by molar-refractivity contribution is 6.32. The summed E-state index contributed by atoms with van der Waals surface area (Å²) in [4.78, 5) is 0. The van der Waals surface area contributed by atoms with Crippen LogP contribution in [0, 0.1) is 6.92 Å². The molecule has 96 valence electrons. The van der Waals surface area contributed by atoms with Gasteiger partial charge in [-0.1, -0.05) is 11.6 Å². The Balaban J connectivity index is 2.69. The van der Waals surface area contributed by atoms with Crippen LogP contribution in [0.2, 0.25) is 5.02 Å². The molecule has 0 aromatic heterocycles. The molecule has 0 radical (unpaired) electrons. The first kappa shape index (κ1) is 14.3. The van der Waals surface area contributed by atoms with Gasteiger partial charge in [-0.3, -0.25) is 0 Å². The molecule has 0 atom stereocenters. The minimum Gasteiger partial charge on any atom is -0.495 e. The lowest BCUT2D eigenvalue weighted by Crippen LogP contribution is -2.37. The van der Waals surface area contributed by atoms with Crippen LogP contribution >= 0.6 is 11.6 Å². The van der Waals surface area contributed by atoms with Crippen LogP contribution in [0.1, 0.15) is 31.9 Å². The summed E-state index contributed by atoms with van der Waals surface area (Å²) in [5.74, 6) is 0.747. The molecule has 0 aliphatic carbocycles. The molecule has 0 bridgehead atoms. The number of benzene rings is 1. The second kappa shape index (κ2) is 5.74. The van der Waals surface area contributed by atoms with E-state index in [9.17, 15) is 0 Å². The Kier molecular flexibility index (Phi) is 4.84. The van der Waals surface area contributed by atoms with Gasteiger partial charge in [0.15, 0.2) is 0 Å². The molecule has 17 heavy (non-hydrogen) atoms. The summed E-state index contributed by atoms with van der Waals surface area (Å²) in [5, 5.41) is 4.16. The maximum atomic E-state index is 6.12. The highest BCUT2D eigenvalue weighted by atomic mass is 35.5. The van der Waals surface area contributed by atoms with Crippen LogP contribution in [-0.2, 0) is 6.42 Å². The van der Waals surface area contributed by atoms with Crippen molar-refractivity contribution in [3.05, 3.63) is 28.3 Å². The van der Waals surface area contributed by atoms with Gasteiger partial charge in [-0.15, -0.1) is 0 Å². The molecule has 0 aliphatic heterocycles. The van der Waals surface area contributed by atoms with E-state index < -0.39 is 0 Å². The summed E-state index contributed by atoms with van der Waals surface area (Å²) >= 11 is 6.12. The molecule has 3 heteroatoms. The van der Waals surface area contributed by atoms with Crippen molar-refractivity contribution < 1.29 is 4.74 Å². The second-order valence-electron chi connectivity index (χ2n) is 5.34. The van der Waals surface area contributed by atoms with Gasteiger partial charge in [0.2, 0.25) is 0 Å². The van der Waals surface area contributed by atoms with Crippen LogP contribution in [0.25, 0.3) is 0 Å². The lowest BCUT2D eigenvalue weighted by Gasteiger charge is -2.21. The van der Waals surface area contributed by atoms with E-state index in [1.54, 1.807) is 7.11 Å². The van der Waals surface area contributed by atoms with Crippen molar-refractivity contribution in [3.63, 3.8) is 0 Å². The number of methoxy groups -OCH3 is 1. The van der Waals surface area contributed by atoms with Gasteiger partial charge in [-0.25, -0.2) is 0 Å². The monoisotopic (exact) mass is 255 g/mol. The summed E-state index contributed by atoms with van der Waals surface area (Å²) in [7, 11) is 1.64. The topological polar surface area (TPSA) is 21.3 Å². The molecular weight excluding hydrogens is 234 g/mol. The molecule has 0 saturated heterocycles. The molecule has 0 saturated carbocycles. The number of ether oxygens (including phenoxy) is 1. The van der Waals surface area contributed by atoms with Gasteiger partial charge in [0.05, 0.1) is 12.1 Å². The van der Waals surface area contributed by atoms with Gasteiger partial charge < -0.3 is 10.1 Å². The maximum Gasteiger partial charge on any atom is 0.137 e. The number of nitrogens with one attached hydrogen (secondary N) is 1. The van der Waals surface area contributed by atoms with E-state index in [1.807, 2.05) is 12.1 Å². The van der Waals surface area contributed by atoms with E-state index >= 15 is 0 Å². The Hall–Kier alpha value is -0.730. The minimum absolute atomic E-state index is 0.157. The zero-order valence-electron chi connectivity index (χ0n) is 11.4. The SMILES string of the molecule is COc1cc(C)c(CCNC(C)(C)C)cc1Cl. The molecule has 2 nitrogen and oxygen atoms in total. The van der Waals surface area contributed by atoms with Gasteiger partial charge in [-0.05, 0) is 63.9 Å². The lowest BCUT2D eigenvalue weighted by molar-refractivity contribution is 0.414. The van der Waals surface area contributed by atoms with Crippen molar-refractivity contribution in [2.75, 3.05) is 13.7 Å². The smallest absolute Gasteiger partial charge is 0.137 e. The first-order chi connectivity index (χ1) is 7.83. The molecule has 1 N–H and O–H groups in total. The fourth-order valence-electron chi connectivity index (χ4n) is 1.69. The zero-order chi connectivity index (χ0) is 13.1. The van der Waals surface area contributed by atoms with Crippen LogP contribution in [0.3, 0.4) is 0 Å². The molecule has 1 aromatic rings. The molecule has 0 amide bonds. The number of hydrogen-bond donors (Lipinski definition) is 1. The first-order valence-electron chi connectivity index (χ1n) is 5.91. The van der Waals surface area contributed by atoms with Crippen molar-refractivity contribution in [1.82, 2.24) is 5.32 Å². The molecule has 0 spiro atoms. The third-order valence-electron chi connectivity index (χ3n) is 2.66.